The molecule has 2 amide bonds. The summed E-state index contributed by atoms with van der Waals surface area (Å²) in [6.45, 7) is 2.80. The maximum absolute atomic E-state index is 12.6. The summed E-state index contributed by atoms with van der Waals surface area (Å²) in [5.41, 5.74) is 0.146. The molecule has 1 aromatic heterocycles. The molecule has 2 fully saturated rings. The Bertz CT molecular complexity index is 888. The first-order chi connectivity index (χ1) is 13.8. The fraction of sp³-hybridized carbons (Fsp3) is 0.375. The average molecular weight is 440 g/mol. The molecule has 13 heteroatoms. The van der Waals surface area contributed by atoms with Crippen LogP contribution in [0, 0.1) is 5.41 Å². The van der Waals surface area contributed by atoms with Crippen LogP contribution in [0.25, 0.3) is 0 Å². The number of thioether (sulfide) groups is 1. The summed E-state index contributed by atoms with van der Waals surface area (Å²) >= 11 is 2.43. The highest BCUT2D eigenvalue weighted by molar-refractivity contribution is 8.00. The lowest BCUT2D eigenvalue weighted by atomic mass is 9.87. The number of carboxylic acid groups (broad SMARTS) is 2. The highest BCUT2D eigenvalue weighted by Gasteiger charge is 2.56. The van der Waals surface area contributed by atoms with Crippen LogP contribution in [-0.2, 0) is 24.0 Å². The summed E-state index contributed by atoms with van der Waals surface area (Å²) < 4.78 is 0. The van der Waals surface area contributed by atoms with Crippen LogP contribution in [0.2, 0.25) is 0 Å². The molecule has 2 saturated heterocycles. The van der Waals surface area contributed by atoms with Crippen molar-refractivity contribution < 1.29 is 34.2 Å². The van der Waals surface area contributed by atoms with Crippen molar-refractivity contribution >= 4 is 52.6 Å². The number of aliphatic carboxylic acids is 2. The summed E-state index contributed by atoms with van der Waals surface area (Å²) in [4.78, 5) is 57.2. The van der Waals surface area contributed by atoms with E-state index in [9.17, 15) is 24.3 Å². The van der Waals surface area contributed by atoms with Crippen LogP contribution in [0.5, 0.6) is 0 Å². The zero-order valence-corrected chi connectivity index (χ0v) is 16.4. The van der Waals surface area contributed by atoms with Gasteiger partial charge in [-0.1, -0.05) is 11.2 Å². The molecule has 2 aliphatic heterocycles. The van der Waals surface area contributed by atoms with Crippen molar-refractivity contribution in [2.75, 3.05) is 18.9 Å². The fourth-order valence-electron chi connectivity index (χ4n) is 2.83. The minimum Gasteiger partial charge on any atom is -0.481 e. The van der Waals surface area contributed by atoms with Crippen molar-refractivity contribution in [3.05, 3.63) is 29.2 Å². The van der Waals surface area contributed by atoms with Gasteiger partial charge in [-0.25, -0.2) is 9.78 Å². The number of amides is 2. The number of aromatic nitrogens is 1. The summed E-state index contributed by atoms with van der Waals surface area (Å²) in [6, 6.07) is -0.868. The number of hydrogen-bond acceptors (Lipinski definition) is 9. The van der Waals surface area contributed by atoms with Gasteiger partial charge in [0.2, 0.25) is 12.5 Å². The molecule has 0 aliphatic carbocycles. The molecule has 1 aromatic rings. The third-order valence-corrected chi connectivity index (χ3v) is 6.58. The second kappa shape index (κ2) is 8.21. The van der Waals surface area contributed by atoms with E-state index < -0.39 is 47.2 Å². The van der Waals surface area contributed by atoms with Crippen molar-refractivity contribution in [3.8, 4) is 0 Å². The van der Waals surface area contributed by atoms with Crippen LogP contribution in [0.15, 0.2) is 28.7 Å². The molecule has 0 bridgehead atoms. The van der Waals surface area contributed by atoms with Gasteiger partial charge in [0.15, 0.2) is 5.71 Å². The van der Waals surface area contributed by atoms with E-state index in [0.717, 1.165) is 0 Å². The lowest BCUT2D eigenvalue weighted by Crippen LogP contribution is -2.73. The molecule has 3 N–H and O–H groups in total. The SMILES string of the molecule is C=CC1(C(=O)O)CS[C@@H]2C(NC(=O)C(=NOCC(=O)O)c3cscn3)C(=O)N2C1. The molecule has 11 nitrogen and oxygen atoms in total. The number of nitrogens with one attached hydrogen (secondary N) is 1. The second-order valence-electron chi connectivity index (χ2n) is 6.27. The fourth-order valence-corrected chi connectivity index (χ4v) is 4.90. The van der Waals surface area contributed by atoms with Crippen LogP contribution in [-0.4, -0.2) is 79.9 Å². The summed E-state index contributed by atoms with van der Waals surface area (Å²) in [6.07, 6.45) is 1.32. The minimum atomic E-state index is -1.26. The molecule has 2 unspecified atom stereocenters. The van der Waals surface area contributed by atoms with Crippen molar-refractivity contribution in [2.45, 2.75) is 11.4 Å². The number of oxime groups is 1. The van der Waals surface area contributed by atoms with Crippen LogP contribution in [0.4, 0.5) is 0 Å². The molecule has 3 rings (SSSR count). The highest BCUT2D eigenvalue weighted by Crippen LogP contribution is 2.42. The van der Waals surface area contributed by atoms with Gasteiger partial charge in [0.25, 0.3) is 5.91 Å². The number of hydrogen-bond donors (Lipinski definition) is 3. The van der Waals surface area contributed by atoms with E-state index in [-0.39, 0.29) is 23.7 Å². The Balaban J connectivity index is 1.70. The van der Waals surface area contributed by atoms with Gasteiger partial charge < -0.3 is 25.3 Å². The van der Waals surface area contributed by atoms with Gasteiger partial charge in [-0.2, -0.15) is 0 Å². The number of β-lactam (4-membered cyclic amide) rings is 1. The van der Waals surface area contributed by atoms with Gasteiger partial charge in [0.1, 0.15) is 22.5 Å². The van der Waals surface area contributed by atoms with Crippen molar-refractivity contribution in [1.82, 2.24) is 15.2 Å². The molecule has 154 valence electrons. The molecule has 0 aromatic carbocycles. The second-order valence-corrected chi connectivity index (χ2v) is 8.09. The molecular weight excluding hydrogens is 424 g/mol. The van der Waals surface area contributed by atoms with E-state index in [2.05, 4.69) is 26.9 Å². The third kappa shape index (κ3) is 3.96. The predicted octanol–water partition coefficient (Wildman–Crippen LogP) is -0.395. The van der Waals surface area contributed by atoms with Crippen LogP contribution in [0.3, 0.4) is 0 Å². The van der Waals surface area contributed by atoms with E-state index in [4.69, 9.17) is 5.11 Å². The monoisotopic (exact) mass is 440 g/mol. The quantitative estimate of drug-likeness (QED) is 0.212. The topological polar surface area (TPSA) is 158 Å². The number of nitrogens with zero attached hydrogens (tertiary/aromatic N) is 3. The highest BCUT2D eigenvalue weighted by atomic mass is 32.2. The zero-order chi connectivity index (χ0) is 21.2. The average Bonchev–Trinajstić information content (AvgIpc) is 3.22. The summed E-state index contributed by atoms with van der Waals surface area (Å²) in [7, 11) is 0. The number of carboxylic acids is 2. The summed E-state index contributed by atoms with van der Waals surface area (Å²) in [5.74, 6) is -3.29. The molecule has 2 aliphatic rings. The molecule has 29 heavy (non-hydrogen) atoms. The van der Waals surface area contributed by atoms with E-state index in [1.54, 1.807) is 0 Å². The first-order valence-corrected chi connectivity index (χ1v) is 10.2. The molecular formula is C16H16N4O7S2. The van der Waals surface area contributed by atoms with Crippen molar-refractivity contribution in [3.63, 3.8) is 0 Å². The van der Waals surface area contributed by atoms with Crippen LogP contribution >= 0.6 is 23.1 Å². The van der Waals surface area contributed by atoms with E-state index in [0.29, 0.717) is 0 Å². The standard InChI is InChI=1S/C16H16N4O7S2/c1-2-16(15(25)26)5-20-13(24)11(14(20)29-6-16)18-12(23)10(8-4-28-7-17-8)19-27-3-9(21)22/h2,4,7,11,14H,1,3,5-6H2,(H,18,23)(H,21,22)(H,25,26)/t11?,14-,16?/m1/s1. The van der Waals surface area contributed by atoms with Gasteiger partial charge in [-0.3, -0.25) is 14.4 Å². The Kier molecular flexibility index (Phi) is 5.88. The Labute approximate surface area is 172 Å². The smallest absolute Gasteiger partial charge is 0.344 e. The predicted molar refractivity (Wildman–Crippen MR) is 102 cm³/mol. The summed E-state index contributed by atoms with van der Waals surface area (Å²) in [5, 5.41) is 25.3. The maximum Gasteiger partial charge on any atom is 0.344 e. The van der Waals surface area contributed by atoms with Crippen LogP contribution < -0.4 is 5.32 Å². The Morgan fingerprint density at radius 3 is 2.83 bits per heavy atom. The van der Waals surface area contributed by atoms with E-state index >= 15 is 0 Å². The first-order valence-electron chi connectivity index (χ1n) is 8.19. The lowest BCUT2D eigenvalue weighted by molar-refractivity contribution is -0.156. The molecule has 0 spiro atoms. The molecule has 3 atom stereocenters. The van der Waals surface area contributed by atoms with Gasteiger partial charge in [-0.15, -0.1) is 29.7 Å². The van der Waals surface area contributed by atoms with Gasteiger partial charge >= 0.3 is 11.9 Å². The number of carbonyl (C=O) groups is 4. The zero-order valence-electron chi connectivity index (χ0n) is 14.8. The van der Waals surface area contributed by atoms with Crippen molar-refractivity contribution in [2.24, 2.45) is 10.6 Å². The van der Waals surface area contributed by atoms with E-state index in [1.807, 2.05) is 0 Å². The van der Waals surface area contributed by atoms with E-state index in [1.165, 1.54) is 45.0 Å². The Hall–Kier alpha value is -2.93. The number of carbonyl (C=O) groups excluding carboxylic acids is 2. The molecule has 3 heterocycles. The number of thiazole rings is 1. The normalized spacial score (nSPS) is 26.1. The first kappa shape index (κ1) is 20.8. The molecule has 0 radical (unpaired) electrons. The maximum atomic E-state index is 12.6. The van der Waals surface area contributed by atoms with Crippen molar-refractivity contribution in [1.29, 1.82) is 0 Å². The van der Waals surface area contributed by atoms with Gasteiger partial charge in [0, 0.05) is 17.7 Å². The number of fused-ring (bicyclic) bond motifs is 1. The number of rotatable bonds is 8. The lowest BCUT2D eigenvalue weighted by Gasteiger charge is -2.53. The molecule has 0 saturated carbocycles. The Morgan fingerprint density at radius 2 is 2.24 bits per heavy atom. The Morgan fingerprint density at radius 1 is 1.48 bits per heavy atom. The largest absolute Gasteiger partial charge is 0.481 e. The van der Waals surface area contributed by atoms with Gasteiger partial charge in [-0.05, 0) is 0 Å². The van der Waals surface area contributed by atoms with Crippen LogP contribution in [0.1, 0.15) is 5.69 Å². The third-order valence-electron chi connectivity index (χ3n) is 4.44. The van der Waals surface area contributed by atoms with Gasteiger partial charge in [0.05, 0.1) is 5.51 Å². The minimum absolute atomic E-state index is 0.0243.